The van der Waals surface area contributed by atoms with E-state index in [0.29, 0.717) is 50.4 Å². The molecule has 0 unspecified atom stereocenters. The van der Waals surface area contributed by atoms with Gasteiger partial charge in [-0.25, -0.2) is 9.13 Å². The van der Waals surface area contributed by atoms with Gasteiger partial charge in [0, 0.05) is 30.8 Å². The number of ketones is 2. The fourth-order valence-corrected chi connectivity index (χ4v) is 4.23. The van der Waals surface area contributed by atoms with E-state index in [9.17, 15) is 9.59 Å². The summed E-state index contributed by atoms with van der Waals surface area (Å²) in [6.07, 6.45) is 9.90. The molecule has 0 aliphatic rings. The first kappa shape index (κ1) is 32.3. The van der Waals surface area contributed by atoms with Gasteiger partial charge >= 0.3 is 5.95 Å². The third-order valence-electron chi connectivity index (χ3n) is 6.60. The predicted molar refractivity (Wildman–Crippen MR) is 155 cm³/mol. The number of carbonyl (C=O) groups is 2. The molecular weight excluding hydrogens is 492 g/mol. The molecule has 0 bridgehead atoms. The minimum Gasteiger partial charge on any atom is -0.497 e. The van der Waals surface area contributed by atoms with Gasteiger partial charge < -0.3 is 13.7 Å². The van der Waals surface area contributed by atoms with E-state index in [1.807, 2.05) is 45.8 Å². The van der Waals surface area contributed by atoms with E-state index in [1.165, 1.54) is 0 Å². The Balaban J connectivity index is 2.01. The number of nitrogens with zero attached hydrogens (tertiary/aromatic N) is 6. The first-order valence-electron chi connectivity index (χ1n) is 14.1. The first-order chi connectivity index (χ1) is 18.4. The van der Waals surface area contributed by atoms with E-state index in [1.54, 1.807) is 7.11 Å². The minimum absolute atomic E-state index is 0.263. The van der Waals surface area contributed by atoms with E-state index < -0.39 is 0 Å². The Labute approximate surface area is 235 Å². The molecule has 0 spiro atoms. The van der Waals surface area contributed by atoms with Crippen molar-refractivity contribution in [2.75, 3.05) is 62.5 Å². The van der Waals surface area contributed by atoms with Crippen molar-refractivity contribution in [1.29, 1.82) is 0 Å². The van der Waals surface area contributed by atoms with Crippen molar-refractivity contribution in [3.8, 4) is 5.75 Å². The van der Waals surface area contributed by atoms with Gasteiger partial charge in [-0.15, -0.1) is 0 Å². The molecule has 0 atom stereocenters. The van der Waals surface area contributed by atoms with Crippen LogP contribution in [0.2, 0.25) is 0 Å². The lowest BCUT2D eigenvalue weighted by Crippen LogP contribution is -2.35. The summed E-state index contributed by atoms with van der Waals surface area (Å²) in [6.45, 7) is 3.21. The fraction of sp³-hybridized carbons (Fsp3) is 0.633. The van der Waals surface area contributed by atoms with Gasteiger partial charge in [0.25, 0.3) is 0 Å². The normalized spacial score (nSPS) is 12.3. The SMILES string of the molecule is COc1ccc(N=Nc2n(CCC(=O)CCCC[N+](C)(C)C)cc[n+]2CCC(=O)CCCC[N+](C)(C)C)cc1. The van der Waals surface area contributed by atoms with Crippen molar-refractivity contribution in [1.82, 2.24) is 4.57 Å². The van der Waals surface area contributed by atoms with Crippen LogP contribution in [0.4, 0.5) is 11.6 Å². The summed E-state index contributed by atoms with van der Waals surface area (Å²) in [7, 11) is 14.7. The molecule has 216 valence electrons. The highest BCUT2D eigenvalue weighted by Gasteiger charge is 2.19. The molecule has 0 saturated carbocycles. The molecule has 9 heteroatoms. The largest absolute Gasteiger partial charge is 0.497 e. The smallest absolute Gasteiger partial charge is 0.421 e. The Morgan fingerprint density at radius 3 is 1.90 bits per heavy atom. The summed E-state index contributed by atoms with van der Waals surface area (Å²) in [5.41, 5.74) is 0.705. The second kappa shape index (κ2) is 15.6. The zero-order valence-corrected chi connectivity index (χ0v) is 25.4. The molecule has 1 aromatic carbocycles. The number of aryl methyl sites for hydroxylation is 2. The van der Waals surface area contributed by atoms with Crippen LogP contribution in [0, 0.1) is 0 Å². The highest BCUT2D eigenvalue weighted by Crippen LogP contribution is 2.20. The van der Waals surface area contributed by atoms with E-state index in [-0.39, 0.29) is 11.6 Å². The van der Waals surface area contributed by atoms with Gasteiger partial charge in [-0.2, -0.15) is 0 Å². The molecule has 1 heterocycles. The van der Waals surface area contributed by atoms with Crippen LogP contribution in [-0.4, -0.2) is 87.6 Å². The molecular formula is C30H51N6O3+3. The summed E-state index contributed by atoms with van der Waals surface area (Å²) in [5.74, 6) is 1.92. The molecule has 2 aromatic rings. The number of ether oxygens (including phenoxy) is 1. The molecule has 0 N–H and O–H groups in total. The average molecular weight is 544 g/mol. The second-order valence-electron chi connectivity index (χ2n) is 12.4. The van der Waals surface area contributed by atoms with Crippen molar-refractivity contribution in [2.45, 2.75) is 64.5 Å². The third-order valence-corrected chi connectivity index (χ3v) is 6.60. The second-order valence-corrected chi connectivity index (χ2v) is 12.4. The van der Waals surface area contributed by atoms with E-state index in [4.69, 9.17) is 4.74 Å². The number of imidazole rings is 1. The van der Waals surface area contributed by atoms with Crippen LogP contribution in [0.25, 0.3) is 0 Å². The summed E-state index contributed by atoms with van der Waals surface area (Å²) < 4.78 is 11.0. The highest BCUT2D eigenvalue weighted by atomic mass is 16.5. The van der Waals surface area contributed by atoms with Gasteiger partial charge in [0.1, 0.15) is 23.0 Å². The Bertz CT molecular complexity index is 1010. The van der Waals surface area contributed by atoms with E-state index in [2.05, 4.69) is 52.5 Å². The Hall–Kier alpha value is -2.91. The molecule has 9 nitrogen and oxygen atoms in total. The summed E-state index contributed by atoms with van der Waals surface area (Å²) in [6, 6.07) is 7.38. The van der Waals surface area contributed by atoms with Crippen LogP contribution in [0.1, 0.15) is 51.4 Å². The van der Waals surface area contributed by atoms with E-state index in [0.717, 1.165) is 53.5 Å². The Kier molecular flexibility index (Phi) is 12.9. The Morgan fingerprint density at radius 1 is 0.795 bits per heavy atom. The average Bonchev–Trinajstić information content (AvgIpc) is 3.26. The number of rotatable bonds is 19. The van der Waals surface area contributed by atoms with Crippen LogP contribution >= 0.6 is 0 Å². The maximum atomic E-state index is 12.6. The molecule has 0 amide bonds. The monoisotopic (exact) mass is 543 g/mol. The first-order valence-corrected chi connectivity index (χ1v) is 14.1. The summed E-state index contributed by atoms with van der Waals surface area (Å²) in [5, 5.41) is 8.96. The maximum Gasteiger partial charge on any atom is 0.421 e. The van der Waals surface area contributed by atoms with Gasteiger partial charge in [-0.3, -0.25) is 9.59 Å². The van der Waals surface area contributed by atoms with Gasteiger partial charge in [-0.05, 0) is 49.9 Å². The predicted octanol–water partition coefficient (Wildman–Crippen LogP) is 4.87. The van der Waals surface area contributed by atoms with E-state index >= 15 is 0 Å². The number of hydrogen-bond acceptors (Lipinski definition) is 5. The van der Waals surface area contributed by atoms with Gasteiger partial charge in [0.2, 0.25) is 0 Å². The molecule has 0 saturated heterocycles. The molecule has 0 aliphatic heterocycles. The fourth-order valence-electron chi connectivity index (χ4n) is 4.23. The van der Waals surface area contributed by atoms with Crippen molar-refractivity contribution >= 4 is 23.2 Å². The number of aromatic nitrogens is 2. The minimum atomic E-state index is 0.263. The number of methoxy groups -OCH3 is 1. The van der Waals surface area contributed by atoms with Crippen LogP contribution < -0.4 is 9.30 Å². The molecule has 39 heavy (non-hydrogen) atoms. The number of benzene rings is 1. The lowest BCUT2D eigenvalue weighted by Gasteiger charge is -2.23. The number of Topliss-reactive ketones (excluding diaryl/α,β-unsaturated/α-hetero) is 2. The number of unbranched alkanes of at least 4 members (excludes halogenated alkanes) is 2. The van der Waals surface area contributed by atoms with Crippen molar-refractivity contribution in [3.63, 3.8) is 0 Å². The van der Waals surface area contributed by atoms with Crippen LogP contribution in [-0.2, 0) is 22.7 Å². The van der Waals surface area contributed by atoms with Gasteiger partial charge in [-0.1, -0.05) is 5.11 Å². The number of quaternary nitrogens is 2. The van der Waals surface area contributed by atoms with Gasteiger partial charge in [0.15, 0.2) is 0 Å². The Morgan fingerprint density at radius 2 is 1.36 bits per heavy atom. The topological polar surface area (TPSA) is 76.9 Å². The highest BCUT2D eigenvalue weighted by molar-refractivity contribution is 5.78. The molecule has 0 radical (unpaired) electrons. The lowest BCUT2D eigenvalue weighted by molar-refractivity contribution is -0.870. The maximum absolute atomic E-state index is 12.6. The molecule has 0 aliphatic carbocycles. The number of hydrogen-bond donors (Lipinski definition) is 0. The molecule has 1 aromatic heterocycles. The van der Waals surface area contributed by atoms with Crippen LogP contribution in [0.5, 0.6) is 5.75 Å². The van der Waals surface area contributed by atoms with Crippen LogP contribution in [0.15, 0.2) is 46.9 Å². The van der Waals surface area contributed by atoms with Gasteiger partial charge in [0.05, 0.1) is 88.0 Å². The zero-order valence-electron chi connectivity index (χ0n) is 25.4. The molecule has 2 rings (SSSR count). The van der Waals surface area contributed by atoms with Crippen LogP contribution in [0.3, 0.4) is 0 Å². The van der Waals surface area contributed by atoms with Crippen molar-refractivity contribution in [3.05, 3.63) is 36.7 Å². The number of azo groups is 1. The third kappa shape index (κ3) is 13.6. The summed E-state index contributed by atoms with van der Waals surface area (Å²) in [4.78, 5) is 25.1. The lowest BCUT2D eigenvalue weighted by atomic mass is 10.1. The summed E-state index contributed by atoms with van der Waals surface area (Å²) >= 11 is 0. The molecule has 0 fully saturated rings. The van der Waals surface area contributed by atoms with Crippen molar-refractivity contribution in [2.24, 2.45) is 10.2 Å². The quantitative estimate of drug-likeness (QED) is 0.110. The van der Waals surface area contributed by atoms with Crippen molar-refractivity contribution < 1.29 is 27.9 Å². The zero-order chi connectivity index (χ0) is 28.9. The number of carbonyl (C=O) groups excluding carboxylic acids is 2. The standard InChI is InChI=1S/C30H51N6O3/c1-35(2,3)24-10-8-12-27(37)18-20-33-22-23-34(21-19-28(38)13-9-11-25-36(4,5)6)30(33)32-31-26-14-16-29(39-7)17-15-26/h14-17,22-23H,8-13,18-21,24-25H2,1-7H3/q+3.